The molecule has 27 heavy (non-hydrogen) atoms. The van der Waals surface area contributed by atoms with Gasteiger partial charge in [0.1, 0.15) is 16.5 Å². The summed E-state index contributed by atoms with van der Waals surface area (Å²) in [6.07, 6.45) is 4.03. The molecule has 0 N–H and O–H groups in total. The summed E-state index contributed by atoms with van der Waals surface area (Å²) < 4.78 is 12.4. The quantitative estimate of drug-likeness (QED) is 0.517. The molecule has 0 aliphatic rings. The van der Waals surface area contributed by atoms with Crippen molar-refractivity contribution in [1.82, 2.24) is 19.8 Å². The van der Waals surface area contributed by atoms with Gasteiger partial charge in [0, 0.05) is 11.6 Å². The van der Waals surface area contributed by atoms with Crippen molar-refractivity contribution in [3.8, 4) is 22.9 Å². The summed E-state index contributed by atoms with van der Waals surface area (Å²) in [6.45, 7) is 2.07. The van der Waals surface area contributed by atoms with Crippen molar-refractivity contribution < 1.29 is 9.47 Å². The van der Waals surface area contributed by atoms with Crippen molar-refractivity contribution in [2.45, 2.75) is 6.92 Å². The lowest BCUT2D eigenvalue weighted by Gasteiger charge is -2.06. The Labute approximate surface area is 160 Å². The van der Waals surface area contributed by atoms with Gasteiger partial charge in [-0.1, -0.05) is 47.2 Å². The maximum atomic E-state index is 5.34. The number of benzene rings is 2. The SMILES string of the molecule is COc1cc(OC)cc(-c2nnc3sc(C=Cc4ccc(C)cc4)nn23)c1. The first-order valence-corrected chi connectivity index (χ1v) is 9.18. The summed E-state index contributed by atoms with van der Waals surface area (Å²) in [5.41, 5.74) is 3.20. The van der Waals surface area contributed by atoms with Crippen molar-refractivity contribution in [3.63, 3.8) is 0 Å². The molecule has 0 radical (unpaired) electrons. The van der Waals surface area contributed by atoms with Gasteiger partial charge in [-0.2, -0.15) is 9.61 Å². The topological polar surface area (TPSA) is 61.5 Å². The second kappa shape index (κ2) is 7.20. The van der Waals surface area contributed by atoms with Crippen LogP contribution in [0.4, 0.5) is 0 Å². The molecule has 0 aliphatic heterocycles. The van der Waals surface area contributed by atoms with E-state index in [9.17, 15) is 0 Å². The zero-order chi connectivity index (χ0) is 18.8. The number of hydrogen-bond donors (Lipinski definition) is 0. The van der Waals surface area contributed by atoms with E-state index in [2.05, 4.69) is 46.5 Å². The lowest BCUT2D eigenvalue weighted by Crippen LogP contribution is -1.93. The van der Waals surface area contributed by atoms with E-state index >= 15 is 0 Å². The Morgan fingerprint density at radius 2 is 1.63 bits per heavy atom. The van der Waals surface area contributed by atoms with E-state index in [1.165, 1.54) is 16.9 Å². The van der Waals surface area contributed by atoms with Crippen molar-refractivity contribution >= 4 is 28.4 Å². The lowest BCUT2D eigenvalue weighted by molar-refractivity contribution is 0.394. The highest BCUT2D eigenvalue weighted by molar-refractivity contribution is 7.17. The van der Waals surface area contributed by atoms with Gasteiger partial charge in [-0.05, 0) is 30.7 Å². The zero-order valence-electron chi connectivity index (χ0n) is 15.2. The predicted octanol–water partition coefficient (Wildman–Crippen LogP) is 4.35. The largest absolute Gasteiger partial charge is 0.497 e. The minimum absolute atomic E-state index is 0.647. The van der Waals surface area contributed by atoms with E-state index in [-0.39, 0.29) is 0 Å². The van der Waals surface area contributed by atoms with Crippen molar-refractivity contribution in [3.05, 3.63) is 58.6 Å². The highest BCUT2D eigenvalue weighted by Crippen LogP contribution is 2.30. The zero-order valence-corrected chi connectivity index (χ0v) is 16.0. The van der Waals surface area contributed by atoms with Crippen LogP contribution in [0.2, 0.25) is 0 Å². The monoisotopic (exact) mass is 378 g/mol. The molecule has 6 nitrogen and oxygen atoms in total. The maximum absolute atomic E-state index is 5.34. The molecule has 2 aromatic heterocycles. The smallest absolute Gasteiger partial charge is 0.235 e. The molecule has 4 rings (SSSR count). The van der Waals surface area contributed by atoms with Gasteiger partial charge in [-0.15, -0.1) is 10.2 Å². The highest BCUT2D eigenvalue weighted by atomic mass is 32.1. The molecule has 7 heteroatoms. The van der Waals surface area contributed by atoms with Crippen LogP contribution in [0.15, 0.2) is 42.5 Å². The molecule has 0 spiro atoms. The molecule has 0 fully saturated rings. The number of aromatic nitrogens is 4. The van der Waals surface area contributed by atoms with Gasteiger partial charge in [-0.25, -0.2) is 0 Å². The molecule has 0 atom stereocenters. The average Bonchev–Trinajstić information content (AvgIpc) is 3.27. The number of ether oxygens (including phenoxy) is 2. The second-order valence-electron chi connectivity index (χ2n) is 6.00. The van der Waals surface area contributed by atoms with Gasteiger partial charge in [0.05, 0.1) is 14.2 Å². The molecule has 0 bridgehead atoms. The summed E-state index contributed by atoms with van der Waals surface area (Å²) in [5.74, 6) is 2.03. The first kappa shape index (κ1) is 17.2. The Bertz CT molecular complexity index is 1090. The van der Waals surface area contributed by atoms with E-state index in [1.54, 1.807) is 18.7 Å². The Morgan fingerprint density at radius 1 is 0.926 bits per heavy atom. The summed E-state index contributed by atoms with van der Waals surface area (Å²) >= 11 is 1.48. The fourth-order valence-corrected chi connectivity index (χ4v) is 3.40. The van der Waals surface area contributed by atoms with Crippen LogP contribution >= 0.6 is 11.3 Å². The molecule has 136 valence electrons. The number of fused-ring (bicyclic) bond motifs is 1. The molecule has 0 saturated heterocycles. The molecule has 0 aliphatic carbocycles. The van der Waals surface area contributed by atoms with Gasteiger partial charge in [-0.3, -0.25) is 0 Å². The molecular formula is C20H18N4O2S. The van der Waals surface area contributed by atoms with Crippen LogP contribution in [0.3, 0.4) is 0 Å². The van der Waals surface area contributed by atoms with Crippen molar-refractivity contribution in [2.24, 2.45) is 0 Å². The van der Waals surface area contributed by atoms with Gasteiger partial charge in [0.2, 0.25) is 4.96 Å². The summed E-state index contributed by atoms with van der Waals surface area (Å²) in [5, 5.41) is 14.0. The van der Waals surface area contributed by atoms with E-state index in [0.29, 0.717) is 17.3 Å². The third-order valence-corrected chi connectivity index (χ3v) is 4.98. The highest BCUT2D eigenvalue weighted by Gasteiger charge is 2.14. The van der Waals surface area contributed by atoms with E-state index in [1.807, 2.05) is 30.4 Å². The first-order chi connectivity index (χ1) is 13.2. The second-order valence-corrected chi connectivity index (χ2v) is 6.99. The molecule has 4 aromatic rings. The number of methoxy groups -OCH3 is 2. The van der Waals surface area contributed by atoms with Gasteiger partial charge >= 0.3 is 0 Å². The van der Waals surface area contributed by atoms with Gasteiger partial charge in [0.15, 0.2) is 5.82 Å². The Morgan fingerprint density at radius 3 is 2.30 bits per heavy atom. The van der Waals surface area contributed by atoms with Crippen LogP contribution in [0.5, 0.6) is 11.5 Å². The number of nitrogens with zero attached hydrogens (tertiary/aromatic N) is 4. The standard InChI is InChI=1S/C20H18N4O2S/c1-13-4-6-14(7-5-13)8-9-18-23-24-19(21-22-20(24)27-18)15-10-16(25-2)12-17(11-15)26-3/h4-12H,1-3H3. The predicted molar refractivity (Wildman–Crippen MR) is 107 cm³/mol. The Hall–Kier alpha value is -3.19. The Kier molecular flexibility index (Phi) is 4.60. The number of hydrogen-bond acceptors (Lipinski definition) is 6. The summed E-state index contributed by atoms with van der Waals surface area (Å²) in [4.78, 5) is 0.732. The minimum Gasteiger partial charge on any atom is -0.497 e. The third-order valence-electron chi connectivity index (χ3n) is 4.11. The van der Waals surface area contributed by atoms with Crippen LogP contribution in [-0.4, -0.2) is 34.0 Å². The molecule has 0 unspecified atom stereocenters. The van der Waals surface area contributed by atoms with Gasteiger partial charge in [0.25, 0.3) is 0 Å². The van der Waals surface area contributed by atoms with E-state index < -0.39 is 0 Å². The normalized spacial score (nSPS) is 11.4. The maximum Gasteiger partial charge on any atom is 0.235 e. The summed E-state index contributed by atoms with van der Waals surface area (Å²) in [7, 11) is 3.24. The number of rotatable bonds is 5. The van der Waals surface area contributed by atoms with Crippen molar-refractivity contribution in [2.75, 3.05) is 14.2 Å². The van der Waals surface area contributed by atoms with E-state index in [0.717, 1.165) is 21.1 Å². The first-order valence-electron chi connectivity index (χ1n) is 8.37. The number of aryl methyl sites for hydroxylation is 1. The fraction of sp³-hybridized carbons (Fsp3) is 0.150. The van der Waals surface area contributed by atoms with E-state index in [4.69, 9.17) is 9.47 Å². The fourth-order valence-electron chi connectivity index (χ4n) is 2.66. The lowest BCUT2D eigenvalue weighted by atomic mass is 10.1. The average molecular weight is 378 g/mol. The minimum atomic E-state index is 0.647. The van der Waals surface area contributed by atoms with Crippen LogP contribution < -0.4 is 9.47 Å². The van der Waals surface area contributed by atoms with Crippen LogP contribution in [0.1, 0.15) is 16.1 Å². The van der Waals surface area contributed by atoms with Crippen LogP contribution in [0.25, 0.3) is 28.5 Å². The van der Waals surface area contributed by atoms with Crippen molar-refractivity contribution in [1.29, 1.82) is 0 Å². The molecule has 0 saturated carbocycles. The van der Waals surface area contributed by atoms with Gasteiger partial charge < -0.3 is 9.47 Å². The van der Waals surface area contributed by atoms with Crippen LogP contribution in [0, 0.1) is 6.92 Å². The molecule has 2 aromatic carbocycles. The molecule has 0 amide bonds. The van der Waals surface area contributed by atoms with Crippen LogP contribution in [-0.2, 0) is 0 Å². The molecule has 2 heterocycles. The summed E-state index contributed by atoms with van der Waals surface area (Å²) in [6, 6.07) is 13.9. The third kappa shape index (κ3) is 3.54. The Balaban J connectivity index is 1.69. The molecular weight excluding hydrogens is 360 g/mol.